The molecule has 7 nitrogen and oxygen atoms in total. The van der Waals surface area contributed by atoms with Crippen molar-refractivity contribution in [3.05, 3.63) is 103 Å². The number of ether oxygens (including phenoxy) is 1. The maximum Gasteiger partial charge on any atom is 0.323 e. The van der Waals surface area contributed by atoms with Gasteiger partial charge < -0.3 is 14.2 Å². The monoisotopic (exact) mass is 483 g/mol. The topological polar surface area (TPSA) is 71.8 Å². The highest BCUT2D eigenvalue weighted by Crippen LogP contribution is 2.28. The lowest BCUT2D eigenvalue weighted by molar-refractivity contribution is 0.0729. The van der Waals surface area contributed by atoms with Crippen molar-refractivity contribution in [2.24, 2.45) is 4.99 Å². The van der Waals surface area contributed by atoms with Crippen LogP contribution in [0.25, 0.3) is 0 Å². The van der Waals surface area contributed by atoms with Crippen LogP contribution in [0, 0.1) is 0 Å². The Morgan fingerprint density at radius 3 is 2.44 bits per heavy atom. The van der Waals surface area contributed by atoms with E-state index in [0.29, 0.717) is 13.1 Å². The van der Waals surface area contributed by atoms with Gasteiger partial charge in [0.25, 0.3) is 0 Å². The second-order valence-electron chi connectivity index (χ2n) is 9.28. The van der Waals surface area contributed by atoms with Crippen LogP contribution in [-0.4, -0.2) is 51.6 Å². The van der Waals surface area contributed by atoms with Crippen molar-refractivity contribution in [3.63, 3.8) is 0 Å². The Hall–Kier alpha value is -3.87. The number of aryl methyl sites for hydroxylation is 1. The number of benzene rings is 2. The third-order valence-corrected chi connectivity index (χ3v) is 6.91. The Bertz CT molecular complexity index is 1120. The van der Waals surface area contributed by atoms with E-state index in [-0.39, 0.29) is 24.1 Å². The number of rotatable bonds is 10. The van der Waals surface area contributed by atoms with Gasteiger partial charge in [-0.1, -0.05) is 60.7 Å². The van der Waals surface area contributed by atoms with Gasteiger partial charge in [0.1, 0.15) is 18.0 Å². The highest BCUT2D eigenvalue weighted by atomic mass is 16.5. The molecular weight excluding hydrogens is 450 g/mol. The number of hydrogen-bond acceptors (Lipinski definition) is 4. The number of imidazole rings is 1. The first-order chi connectivity index (χ1) is 17.8. The van der Waals surface area contributed by atoms with E-state index in [9.17, 15) is 4.79 Å². The largest absolute Gasteiger partial charge is 0.496 e. The van der Waals surface area contributed by atoms with Crippen molar-refractivity contribution < 1.29 is 9.53 Å². The highest BCUT2D eigenvalue weighted by molar-refractivity contribution is 6.07. The van der Waals surface area contributed by atoms with Crippen LogP contribution < -0.4 is 5.32 Å². The van der Waals surface area contributed by atoms with Crippen LogP contribution in [0.15, 0.2) is 96.7 Å². The Morgan fingerprint density at radius 1 is 1.06 bits per heavy atom. The molecule has 5 rings (SSSR count). The van der Waals surface area contributed by atoms with E-state index < -0.39 is 0 Å². The van der Waals surface area contributed by atoms with Gasteiger partial charge in [0.05, 0.1) is 12.6 Å². The molecule has 1 fully saturated rings. The lowest BCUT2D eigenvalue weighted by Gasteiger charge is -2.31. The molecule has 0 aliphatic carbocycles. The fourth-order valence-corrected chi connectivity index (χ4v) is 5.12. The first kappa shape index (κ1) is 23.9. The number of allylic oxidation sites excluding steroid dienone is 1. The minimum atomic E-state index is -0.197. The number of hydrogen-bond donors (Lipinski definition) is 1. The van der Waals surface area contributed by atoms with Crippen molar-refractivity contribution in [2.75, 3.05) is 13.1 Å². The molecule has 2 atom stereocenters. The Balaban J connectivity index is 1.31. The van der Waals surface area contributed by atoms with E-state index in [4.69, 9.17) is 9.73 Å². The zero-order valence-corrected chi connectivity index (χ0v) is 20.4. The van der Waals surface area contributed by atoms with Crippen LogP contribution in [0.2, 0.25) is 0 Å². The van der Waals surface area contributed by atoms with Crippen molar-refractivity contribution in [1.29, 1.82) is 0 Å². The predicted molar refractivity (Wildman–Crippen MR) is 141 cm³/mol. The zero-order valence-electron chi connectivity index (χ0n) is 20.4. The average molecular weight is 484 g/mol. The van der Waals surface area contributed by atoms with E-state index in [0.717, 1.165) is 38.1 Å². The normalized spacial score (nSPS) is 20.6. The quantitative estimate of drug-likeness (QED) is 0.442. The molecular formula is C29H33N5O2. The molecule has 0 radical (unpaired) electrons. The second kappa shape index (κ2) is 11.7. The first-order valence-corrected chi connectivity index (χ1v) is 12.8. The second-order valence-corrected chi connectivity index (χ2v) is 9.28. The van der Waals surface area contributed by atoms with E-state index in [1.54, 1.807) is 18.8 Å². The zero-order chi connectivity index (χ0) is 24.6. The molecule has 2 aliphatic rings. The van der Waals surface area contributed by atoms with Gasteiger partial charge in [0, 0.05) is 37.9 Å². The van der Waals surface area contributed by atoms with Crippen LogP contribution in [-0.2, 0) is 11.3 Å². The van der Waals surface area contributed by atoms with E-state index in [1.165, 1.54) is 11.1 Å². The minimum Gasteiger partial charge on any atom is -0.496 e. The fraction of sp³-hybridized carbons (Fsp3) is 0.345. The van der Waals surface area contributed by atoms with E-state index >= 15 is 0 Å². The number of nitrogens with zero attached hydrogens (tertiary/aromatic N) is 4. The molecule has 0 bridgehead atoms. The molecule has 0 saturated carbocycles. The lowest BCUT2D eigenvalue weighted by atomic mass is 9.88. The van der Waals surface area contributed by atoms with Crippen molar-refractivity contribution >= 4 is 11.9 Å². The molecule has 2 unspecified atom stereocenters. The molecule has 7 heteroatoms. The average Bonchev–Trinajstić information content (AvgIpc) is 3.56. The number of aliphatic imine (C=N–C) groups is 1. The molecule has 3 aromatic rings. The molecule has 2 aliphatic heterocycles. The predicted octanol–water partition coefficient (Wildman–Crippen LogP) is 4.98. The standard InChI is InChI=1S/C29H33N5O2/c35-29-32-28(31-16-15-25(23-10-3-1-4-11-23)24-12-5-2-6-13-24)27(26-14-7-8-21-36-26)34(29)19-9-18-33-20-17-30-22-33/h1-6,8,10-13,17,20-22,25-27H,7,9,14-16,18-19H2,(H,31,32,35). The molecule has 186 valence electrons. The van der Waals surface area contributed by atoms with Gasteiger partial charge in [-0.15, -0.1) is 0 Å². The fourth-order valence-electron chi connectivity index (χ4n) is 5.12. The van der Waals surface area contributed by atoms with Crippen LogP contribution in [0.1, 0.15) is 42.7 Å². The number of urea groups is 1. The summed E-state index contributed by atoms with van der Waals surface area (Å²) in [4.78, 5) is 24.0. The number of amidine groups is 1. The summed E-state index contributed by atoms with van der Waals surface area (Å²) in [6, 6.07) is 20.8. The summed E-state index contributed by atoms with van der Waals surface area (Å²) >= 11 is 0. The summed E-state index contributed by atoms with van der Waals surface area (Å²) in [6.07, 6.45) is 12.7. The van der Waals surface area contributed by atoms with Gasteiger partial charge in [-0.05, 0) is 42.9 Å². The van der Waals surface area contributed by atoms with Crippen molar-refractivity contribution in [1.82, 2.24) is 19.8 Å². The van der Waals surface area contributed by atoms with Crippen molar-refractivity contribution in [2.45, 2.75) is 50.3 Å². The van der Waals surface area contributed by atoms with Gasteiger partial charge in [-0.3, -0.25) is 10.3 Å². The van der Waals surface area contributed by atoms with Crippen LogP contribution in [0.3, 0.4) is 0 Å². The summed E-state index contributed by atoms with van der Waals surface area (Å²) in [7, 11) is 0. The Morgan fingerprint density at radius 2 is 1.81 bits per heavy atom. The molecule has 3 heterocycles. The molecule has 1 aromatic heterocycles. The first-order valence-electron chi connectivity index (χ1n) is 12.8. The van der Waals surface area contributed by atoms with Gasteiger partial charge in [-0.25, -0.2) is 9.78 Å². The maximum atomic E-state index is 13.0. The highest BCUT2D eigenvalue weighted by Gasteiger charge is 2.42. The third kappa shape index (κ3) is 5.67. The number of carbonyl (C=O) groups excluding carboxylic acids is 1. The van der Waals surface area contributed by atoms with E-state index in [1.807, 2.05) is 33.9 Å². The molecule has 1 N–H and O–H groups in total. The van der Waals surface area contributed by atoms with Gasteiger partial charge in [0.15, 0.2) is 0 Å². The van der Waals surface area contributed by atoms with Gasteiger partial charge in [0.2, 0.25) is 0 Å². The Kier molecular flexibility index (Phi) is 7.76. The summed E-state index contributed by atoms with van der Waals surface area (Å²) in [6.45, 7) is 2.06. The van der Waals surface area contributed by atoms with Crippen LogP contribution in [0.4, 0.5) is 4.79 Å². The maximum absolute atomic E-state index is 13.0. The summed E-state index contributed by atoms with van der Waals surface area (Å²) < 4.78 is 8.01. The molecule has 0 spiro atoms. The third-order valence-electron chi connectivity index (χ3n) is 6.91. The number of nitrogens with one attached hydrogen (secondary N) is 1. The van der Waals surface area contributed by atoms with E-state index in [2.05, 4.69) is 58.8 Å². The molecule has 2 amide bonds. The molecule has 2 aromatic carbocycles. The number of amides is 2. The summed E-state index contributed by atoms with van der Waals surface area (Å²) in [5, 5.41) is 3.06. The van der Waals surface area contributed by atoms with Crippen LogP contribution in [0.5, 0.6) is 0 Å². The molecule has 1 saturated heterocycles. The van der Waals surface area contributed by atoms with Crippen molar-refractivity contribution in [3.8, 4) is 0 Å². The smallest absolute Gasteiger partial charge is 0.323 e. The molecule has 36 heavy (non-hydrogen) atoms. The van der Waals surface area contributed by atoms with Gasteiger partial charge >= 0.3 is 6.03 Å². The van der Waals surface area contributed by atoms with Crippen LogP contribution >= 0.6 is 0 Å². The SMILES string of the molecule is O=C1NC(=NCCC(c2ccccc2)c2ccccc2)C(C2CCC=CO2)N1CCCn1ccnc1. The summed E-state index contributed by atoms with van der Waals surface area (Å²) in [5.74, 6) is 0.968. The summed E-state index contributed by atoms with van der Waals surface area (Å²) in [5.41, 5.74) is 2.55. The number of aromatic nitrogens is 2. The number of carbonyl (C=O) groups is 1. The Labute approximate surface area is 212 Å². The minimum absolute atomic E-state index is 0.0924. The lowest BCUT2D eigenvalue weighted by Crippen LogP contribution is -2.46. The van der Waals surface area contributed by atoms with Gasteiger partial charge in [-0.2, -0.15) is 0 Å².